The molecule has 162 valence electrons. The predicted molar refractivity (Wildman–Crippen MR) is 110 cm³/mol. The second kappa shape index (κ2) is 8.16. The van der Waals surface area contributed by atoms with Crippen molar-refractivity contribution in [3.05, 3.63) is 65.8 Å². The molecular formula is C20H21FN6O3S. The van der Waals surface area contributed by atoms with E-state index >= 15 is 0 Å². The van der Waals surface area contributed by atoms with E-state index in [-0.39, 0.29) is 10.5 Å². The van der Waals surface area contributed by atoms with Gasteiger partial charge >= 0.3 is 0 Å². The molecule has 1 unspecified atom stereocenters. The van der Waals surface area contributed by atoms with Crippen molar-refractivity contribution in [2.75, 3.05) is 11.9 Å². The lowest BCUT2D eigenvalue weighted by molar-refractivity contribution is 0.102. The average Bonchev–Trinajstić information content (AvgIpc) is 3.39. The maximum absolute atomic E-state index is 13.0. The average molecular weight is 444 g/mol. The molecule has 1 aromatic carbocycles. The molecule has 0 aliphatic carbocycles. The van der Waals surface area contributed by atoms with E-state index in [2.05, 4.69) is 20.4 Å². The van der Waals surface area contributed by atoms with Crippen LogP contribution in [0.1, 0.15) is 40.8 Å². The number of benzene rings is 1. The number of carbonyl (C=O) groups excluding carboxylic acids is 1. The van der Waals surface area contributed by atoms with Crippen molar-refractivity contribution in [1.29, 1.82) is 0 Å². The van der Waals surface area contributed by atoms with Gasteiger partial charge in [0, 0.05) is 31.7 Å². The summed E-state index contributed by atoms with van der Waals surface area (Å²) in [5, 5.41) is 6.62. The van der Waals surface area contributed by atoms with E-state index in [1.807, 2.05) is 0 Å². The molecule has 1 amide bonds. The van der Waals surface area contributed by atoms with Crippen LogP contribution in [0.4, 0.5) is 10.1 Å². The number of carbonyl (C=O) groups is 1. The molecule has 0 saturated carbocycles. The van der Waals surface area contributed by atoms with E-state index in [4.69, 9.17) is 0 Å². The molecule has 1 fully saturated rings. The topological polar surface area (TPSA) is 110 Å². The van der Waals surface area contributed by atoms with E-state index in [0.717, 1.165) is 0 Å². The Hall–Kier alpha value is -3.18. The van der Waals surface area contributed by atoms with Crippen molar-refractivity contribution in [1.82, 2.24) is 24.1 Å². The zero-order chi connectivity index (χ0) is 22.2. The number of aromatic nitrogens is 4. The van der Waals surface area contributed by atoms with Gasteiger partial charge in [-0.1, -0.05) is 0 Å². The first-order chi connectivity index (χ1) is 14.8. The number of sulfonamides is 1. The summed E-state index contributed by atoms with van der Waals surface area (Å²) in [4.78, 5) is 21.4. The summed E-state index contributed by atoms with van der Waals surface area (Å²) in [6.45, 7) is 2.02. The molecule has 0 spiro atoms. The van der Waals surface area contributed by atoms with Crippen molar-refractivity contribution >= 4 is 21.6 Å². The van der Waals surface area contributed by atoms with E-state index in [1.54, 1.807) is 14.0 Å². The van der Waals surface area contributed by atoms with Crippen LogP contribution in [0.25, 0.3) is 0 Å². The number of nitrogens with one attached hydrogen (secondary N) is 1. The molecule has 1 aliphatic rings. The van der Waals surface area contributed by atoms with Crippen molar-refractivity contribution in [3.63, 3.8) is 0 Å². The SMILES string of the molecule is Cc1nc(C2CCCN2S(=O)(=O)c2cnn(C)c2)ncc1C(=O)Nc1ccc(F)cc1. The first kappa shape index (κ1) is 21.1. The maximum Gasteiger partial charge on any atom is 0.259 e. The zero-order valence-corrected chi connectivity index (χ0v) is 17.8. The molecule has 3 aromatic rings. The molecule has 0 bridgehead atoms. The molecule has 1 aliphatic heterocycles. The van der Waals surface area contributed by atoms with Crippen molar-refractivity contribution in [3.8, 4) is 0 Å². The molecule has 1 atom stereocenters. The molecule has 4 rings (SSSR count). The normalized spacial score (nSPS) is 17.1. The largest absolute Gasteiger partial charge is 0.322 e. The molecule has 3 heterocycles. The van der Waals surface area contributed by atoms with E-state index in [9.17, 15) is 17.6 Å². The summed E-state index contributed by atoms with van der Waals surface area (Å²) in [5.41, 5.74) is 1.13. The van der Waals surface area contributed by atoms with Crippen LogP contribution in [0.15, 0.2) is 47.8 Å². The standard InChI is InChI=1S/C20H21FN6O3S/c1-13-17(20(28)25-15-7-5-14(21)6-8-15)11-22-19(24-13)18-4-3-9-27(18)31(29,30)16-10-23-26(2)12-16/h5-8,10-12,18H,3-4,9H2,1-2H3,(H,25,28). The second-order valence-electron chi connectivity index (χ2n) is 7.31. The second-order valence-corrected chi connectivity index (χ2v) is 9.20. The van der Waals surface area contributed by atoms with Gasteiger partial charge in [-0.15, -0.1) is 0 Å². The van der Waals surface area contributed by atoms with Crippen molar-refractivity contribution in [2.24, 2.45) is 7.05 Å². The van der Waals surface area contributed by atoms with Crippen LogP contribution in [-0.4, -0.2) is 44.9 Å². The van der Waals surface area contributed by atoms with Gasteiger partial charge in [-0.3, -0.25) is 9.48 Å². The highest BCUT2D eigenvalue weighted by atomic mass is 32.2. The van der Waals surface area contributed by atoms with Gasteiger partial charge in [0.05, 0.1) is 23.5 Å². The Bertz CT molecular complexity index is 1230. The quantitative estimate of drug-likeness (QED) is 0.647. The number of anilines is 1. The van der Waals surface area contributed by atoms with Gasteiger partial charge in [0.15, 0.2) is 0 Å². The summed E-state index contributed by atoms with van der Waals surface area (Å²) >= 11 is 0. The smallest absolute Gasteiger partial charge is 0.259 e. The van der Waals surface area contributed by atoms with Gasteiger partial charge < -0.3 is 5.32 Å². The van der Waals surface area contributed by atoms with Crippen LogP contribution < -0.4 is 5.32 Å². The van der Waals surface area contributed by atoms with Gasteiger partial charge in [0.1, 0.15) is 16.5 Å². The van der Waals surface area contributed by atoms with Crippen LogP contribution in [0.2, 0.25) is 0 Å². The molecule has 0 radical (unpaired) electrons. The number of hydrogen-bond donors (Lipinski definition) is 1. The summed E-state index contributed by atoms with van der Waals surface area (Å²) in [6, 6.07) is 4.89. The van der Waals surface area contributed by atoms with E-state index in [0.29, 0.717) is 36.6 Å². The summed E-state index contributed by atoms with van der Waals surface area (Å²) in [6.07, 6.45) is 5.43. The molecule has 11 heteroatoms. The van der Waals surface area contributed by atoms with Crippen molar-refractivity contribution in [2.45, 2.75) is 30.7 Å². The van der Waals surface area contributed by atoms with Gasteiger partial charge in [0.2, 0.25) is 10.0 Å². The van der Waals surface area contributed by atoms with Crippen molar-refractivity contribution < 1.29 is 17.6 Å². The Balaban J connectivity index is 1.57. The number of hydrogen-bond acceptors (Lipinski definition) is 6. The van der Waals surface area contributed by atoms with Crippen LogP contribution >= 0.6 is 0 Å². The highest BCUT2D eigenvalue weighted by Crippen LogP contribution is 2.35. The highest BCUT2D eigenvalue weighted by molar-refractivity contribution is 7.89. The minimum Gasteiger partial charge on any atom is -0.322 e. The maximum atomic E-state index is 13.0. The Kier molecular flexibility index (Phi) is 5.54. The third-order valence-corrected chi connectivity index (χ3v) is 7.00. The minimum absolute atomic E-state index is 0.119. The first-order valence-electron chi connectivity index (χ1n) is 9.66. The monoisotopic (exact) mass is 444 g/mol. The van der Waals surface area contributed by atoms with Crippen LogP contribution in [0, 0.1) is 12.7 Å². The Morgan fingerprint density at radius 2 is 1.97 bits per heavy atom. The number of nitrogens with zero attached hydrogens (tertiary/aromatic N) is 5. The fourth-order valence-electron chi connectivity index (χ4n) is 3.55. The number of rotatable bonds is 5. The fourth-order valence-corrected chi connectivity index (χ4v) is 5.19. The molecule has 1 N–H and O–H groups in total. The Morgan fingerprint density at radius 3 is 2.61 bits per heavy atom. The molecule has 2 aromatic heterocycles. The highest BCUT2D eigenvalue weighted by Gasteiger charge is 2.38. The molecular weight excluding hydrogens is 423 g/mol. The number of amides is 1. The van der Waals surface area contributed by atoms with Gasteiger partial charge in [-0.25, -0.2) is 22.8 Å². The van der Waals surface area contributed by atoms with Crippen LogP contribution in [0.3, 0.4) is 0 Å². The lowest BCUT2D eigenvalue weighted by Gasteiger charge is -2.22. The third-order valence-electron chi connectivity index (χ3n) is 5.13. The molecule has 31 heavy (non-hydrogen) atoms. The number of halogens is 1. The summed E-state index contributed by atoms with van der Waals surface area (Å²) in [5.74, 6) is -0.480. The summed E-state index contributed by atoms with van der Waals surface area (Å²) in [7, 11) is -2.08. The fraction of sp³-hybridized carbons (Fsp3) is 0.300. The minimum atomic E-state index is -3.74. The van der Waals surface area contributed by atoms with Crippen LogP contribution in [-0.2, 0) is 17.1 Å². The number of aryl methyl sites for hydroxylation is 2. The molecule has 1 saturated heterocycles. The zero-order valence-electron chi connectivity index (χ0n) is 17.0. The first-order valence-corrected chi connectivity index (χ1v) is 11.1. The van der Waals surface area contributed by atoms with Crippen LogP contribution in [0.5, 0.6) is 0 Å². The predicted octanol–water partition coefficient (Wildman–Crippen LogP) is 2.44. The van der Waals surface area contributed by atoms with E-state index < -0.39 is 27.8 Å². The van der Waals surface area contributed by atoms with E-state index in [1.165, 1.54) is 51.8 Å². The lowest BCUT2D eigenvalue weighted by Crippen LogP contribution is -2.31. The Morgan fingerprint density at radius 1 is 1.23 bits per heavy atom. The summed E-state index contributed by atoms with van der Waals surface area (Å²) < 4.78 is 42.0. The van der Waals surface area contributed by atoms with Gasteiger partial charge in [0.25, 0.3) is 5.91 Å². The van der Waals surface area contributed by atoms with Gasteiger partial charge in [-0.2, -0.15) is 9.40 Å². The third kappa shape index (κ3) is 4.19. The lowest BCUT2D eigenvalue weighted by atomic mass is 10.2. The molecule has 9 nitrogen and oxygen atoms in total. The Labute approximate surface area is 179 Å². The van der Waals surface area contributed by atoms with Gasteiger partial charge in [-0.05, 0) is 44.0 Å².